The van der Waals surface area contributed by atoms with Gasteiger partial charge in [0.05, 0.1) is 7.11 Å². The zero-order valence-corrected chi connectivity index (χ0v) is 23.4. The molecule has 0 fully saturated rings. The van der Waals surface area contributed by atoms with Crippen LogP contribution in [0.3, 0.4) is 0 Å². The summed E-state index contributed by atoms with van der Waals surface area (Å²) in [7, 11) is 1.75. The zero-order chi connectivity index (χ0) is 26.9. The van der Waals surface area contributed by atoms with Gasteiger partial charge in [-0.15, -0.1) is 0 Å². The highest BCUT2D eigenvalue weighted by atomic mass is 16.5. The Morgan fingerprint density at radius 3 is 2.50 bits per heavy atom. The second-order valence-corrected chi connectivity index (χ2v) is 10.6. The third-order valence-electron chi connectivity index (χ3n) is 7.30. The van der Waals surface area contributed by atoms with E-state index in [0.29, 0.717) is 5.92 Å². The number of aromatic nitrogens is 1. The van der Waals surface area contributed by atoms with E-state index in [9.17, 15) is 4.79 Å². The lowest BCUT2D eigenvalue weighted by Crippen LogP contribution is -2.32. The Morgan fingerprint density at radius 2 is 1.79 bits per heavy atom. The van der Waals surface area contributed by atoms with Crippen molar-refractivity contribution in [3.8, 4) is 5.75 Å². The molecule has 2 aromatic carbocycles. The van der Waals surface area contributed by atoms with E-state index in [1.165, 1.54) is 24.0 Å². The topological polar surface area (TPSA) is 57.7 Å². The van der Waals surface area contributed by atoms with Gasteiger partial charge in [-0.25, -0.2) is 4.98 Å². The first-order valence-electron chi connectivity index (χ1n) is 13.9. The quantitative estimate of drug-likeness (QED) is 0.375. The lowest BCUT2D eigenvalue weighted by molar-refractivity contribution is -0.116. The van der Waals surface area contributed by atoms with Crippen LogP contribution in [0.1, 0.15) is 75.5 Å². The van der Waals surface area contributed by atoms with Gasteiger partial charge in [0.1, 0.15) is 11.6 Å². The zero-order valence-electron chi connectivity index (χ0n) is 23.4. The summed E-state index contributed by atoms with van der Waals surface area (Å²) < 4.78 is 5.77. The number of fused-ring (bicyclic) bond motifs is 1. The van der Waals surface area contributed by atoms with Crippen LogP contribution in [0.4, 0.5) is 17.2 Å². The number of carbonyl (C=O) groups excluding carboxylic acids is 1. The third-order valence-corrected chi connectivity index (χ3v) is 7.30. The predicted octanol–water partition coefficient (Wildman–Crippen LogP) is 7.28. The van der Waals surface area contributed by atoms with Crippen molar-refractivity contribution >= 4 is 23.1 Å². The smallest absolute Gasteiger partial charge is 0.223 e. The van der Waals surface area contributed by atoms with Crippen LogP contribution in [0.2, 0.25) is 0 Å². The molecule has 1 amide bonds. The Labute approximate surface area is 228 Å². The largest absolute Gasteiger partial charge is 0.496 e. The number of hydrogen-bond acceptors (Lipinski definition) is 5. The van der Waals surface area contributed by atoms with Gasteiger partial charge in [0.2, 0.25) is 5.91 Å². The van der Waals surface area contributed by atoms with Gasteiger partial charge in [-0.2, -0.15) is 0 Å². The van der Waals surface area contributed by atoms with Crippen LogP contribution < -0.4 is 15.0 Å². The minimum Gasteiger partial charge on any atom is -0.496 e. The molecule has 6 nitrogen and oxygen atoms in total. The summed E-state index contributed by atoms with van der Waals surface area (Å²) in [6, 6.07) is 18.7. The summed E-state index contributed by atoms with van der Waals surface area (Å²) in [4.78, 5) is 21.7. The molecular formula is C32H42N4O2. The fourth-order valence-corrected chi connectivity index (χ4v) is 5.20. The molecule has 0 spiro atoms. The molecular weight excluding hydrogens is 472 g/mol. The first-order valence-corrected chi connectivity index (χ1v) is 13.9. The SMILES string of the molecule is COc1ccc(C(C)C)cc1CN1CCCCCCCN(C(C)=O)c2ccc(Nc3ccccn3)cc2C1. The average molecular weight is 515 g/mol. The predicted molar refractivity (Wildman–Crippen MR) is 156 cm³/mol. The maximum Gasteiger partial charge on any atom is 0.223 e. The van der Waals surface area contributed by atoms with E-state index >= 15 is 0 Å². The Morgan fingerprint density at radius 1 is 1.00 bits per heavy atom. The Hall–Kier alpha value is -3.38. The first-order chi connectivity index (χ1) is 18.4. The van der Waals surface area contributed by atoms with Crippen molar-refractivity contribution in [3.05, 3.63) is 77.5 Å². The van der Waals surface area contributed by atoms with Gasteiger partial charge in [-0.3, -0.25) is 9.69 Å². The molecule has 1 N–H and O–H groups in total. The number of carbonyl (C=O) groups is 1. The second-order valence-electron chi connectivity index (χ2n) is 10.6. The van der Waals surface area contributed by atoms with E-state index in [0.717, 1.165) is 73.9 Å². The molecule has 6 heteroatoms. The van der Waals surface area contributed by atoms with E-state index in [2.05, 4.69) is 65.4 Å². The minimum atomic E-state index is 0.0894. The molecule has 0 radical (unpaired) electrons. The fourth-order valence-electron chi connectivity index (χ4n) is 5.20. The van der Waals surface area contributed by atoms with Gasteiger partial charge in [0.25, 0.3) is 0 Å². The fraction of sp³-hybridized carbons (Fsp3) is 0.438. The number of methoxy groups -OCH3 is 1. The van der Waals surface area contributed by atoms with Crippen LogP contribution in [0.25, 0.3) is 0 Å². The summed E-state index contributed by atoms with van der Waals surface area (Å²) >= 11 is 0. The molecule has 0 bridgehead atoms. The number of nitrogens with zero attached hydrogens (tertiary/aromatic N) is 3. The molecule has 1 aliphatic rings. The monoisotopic (exact) mass is 514 g/mol. The summed E-state index contributed by atoms with van der Waals surface area (Å²) in [5.41, 5.74) is 5.63. The van der Waals surface area contributed by atoms with Crippen molar-refractivity contribution in [3.63, 3.8) is 0 Å². The summed E-state index contributed by atoms with van der Waals surface area (Å²) in [5.74, 6) is 2.27. The molecule has 0 aliphatic carbocycles. The maximum absolute atomic E-state index is 12.8. The number of hydrogen-bond donors (Lipinski definition) is 1. The molecule has 202 valence electrons. The standard InChI is InChI=1S/C32H42N4O2/c1-24(2)26-13-16-31(38-4)28(20-26)23-35-18-10-6-5-7-11-19-36(25(3)37)30-15-14-29(21-27(30)22-35)34-32-12-8-9-17-33-32/h8-9,12-17,20-21,24H,5-7,10-11,18-19,22-23H2,1-4H3,(H,33,34). The van der Waals surface area contributed by atoms with Crippen molar-refractivity contribution in [2.75, 3.05) is 30.4 Å². The number of benzene rings is 2. The van der Waals surface area contributed by atoms with Gasteiger partial charge in [-0.1, -0.05) is 51.3 Å². The highest BCUT2D eigenvalue weighted by Crippen LogP contribution is 2.31. The number of rotatable bonds is 6. The lowest BCUT2D eigenvalue weighted by atomic mass is 9.99. The van der Waals surface area contributed by atoms with Crippen molar-refractivity contribution in [1.82, 2.24) is 9.88 Å². The van der Waals surface area contributed by atoms with Crippen molar-refractivity contribution in [2.24, 2.45) is 0 Å². The summed E-state index contributed by atoms with van der Waals surface area (Å²) in [5, 5.41) is 3.43. The number of amides is 1. The molecule has 0 saturated carbocycles. The highest BCUT2D eigenvalue weighted by Gasteiger charge is 2.20. The maximum atomic E-state index is 12.8. The molecule has 0 unspecified atom stereocenters. The van der Waals surface area contributed by atoms with Gasteiger partial charge >= 0.3 is 0 Å². The minimum absolute atomic E-state index is 0.0894. The van der Waals surface area contributed by atoms with E-state index in [4.69, 9.17) is 4.74 Å². The van der Waals surface area contributed by atoms with Crippen molar-refractivity contribution < 1.29 is 9.53 Å². The molecule has 0 saturated heterocycles. The van der Waals surface area contributed by atoms with E-state index in [1.807, 2.05) is 23.1 Å². The molecule has 3 aromatic rings. The molecule has 4 rings (SSSR count). The number of ether oxygens (including phenoxy) is 1. The van der Waals surface area contributed by atoms with Crippen LogP contribution in [-0.2, 0) is 17.9 Å². The molecule has 0 atom stereocenters. The Bertz CT molecular complexity index is 1200. The van der Waals surface area contributed by atoms with E-state index in [1.54, 1.807) is 20.2 Å². The summed E-state index contributed by atoms with van der Waals surface area (Å²) in [6.07, 6.45) is 7.51. The second kappa shape index (κ2) is 13.4. The normalized spacial score (nSPS) is 15.3. The molecule has 1 aliphatic heterocycles. The van der Waals surface area contributed by atoms with Gasteiger partial charge in [0.15, 0.2) is 0 Å². The number of nitrogens with one attached hydrogen (secondary N) is 1. The van der Waals surface area contributed by atoms with Crippen LogP contribution in [0, 0.1) is 0 Å². The van der Waals surface area contributed by atoms with Crippen LogP contribution >= 0.6 is 0 Å². The van der Waals surface area contributed by atoms with Crippen molar-refractivity contribution in [1.29, 1.82) is 0 Å². The van der Waals surface area contributed by atoms with Crippen LogP contribution in [0.15, 0.2) is 60.8 Å². The van der Waals surface area contributed by atoms with E-state index < -0.39 is 0 Å². The van der Waals surface area contributed by atoms with Gasteiger partial charge in [-0.05, 0) is 72.8 Å². The lowest BCUT2D eigenvalue weighted by Gasteiger charge is -2.30. The van der Waals surface area contributed by atoms with Crippen LogP contribution in [-0.4, -0.2) is 36.0 Å². The molecule has 1 aromatic heterocycles. The van der Waals surface area contributed by atoms with Gasteiger partial charge in [0, 0.05) is 49.7 Å². The molecule has 2 heterocycles. The number of pyridine rings is 1. The number of anilines is 3. The van der Waals surface area contributed by atoms with Crippen LogP contribution in [0.5, 0.6) is 5.75 Å². The first kappa shape index (κ1) is 27.6. The van der Waals surface area contributed by atoms with Crippen molar-refractivity contribution in [2.45, 2.75) is 71.9 Å². The average Bonchev–Trinajstić information content (AvgIpc) is 2.90. The highest BCUT2D eigenvalue weighted by molar-refractivity contribution is 5.92. The summed E-state index contributed by atoms with van der Waals surface area (Å²) in [6.45, 7) is 9.41. The molecule has 38 heavy (non-hydrogen) atoms. The Balaban J connectivity index is 1.71. The Kier molecular flexibility index (Phi) is 9.77. The van der Waals surface area contributed by atoms with Gasteiger partial charge < -0.3 is 15.0 Å². The third kappa shape index (κ3) is 7.35. The van der Waals surface area contributed by atoms with E-state index in [-0.39, 0.29) is 5.91 Å².